The van der Waals surface area contributed by atoms with Gasteiger partial charge in [-0.2, -0.15) is 4.31 Å². The summed E-state index contributed by atoms with van der Waals surface area (Å²) < 4.78 is 39.3. The Morgan fingerprint density at radius 3 is 2.40 bits per heavy atom. The predicted molar refractivity (Wildman–Crippen MR) is 135 cm³/mol. The molecule has 0 spiro atoms. The number of piperazine rings is 1. The third kappa shape index (κ3) is 5.16. The minimum absolute atomic E-state index is 0.0698. The average Bonchev–Trinajstić information content (AvgIpc) is 3.37. The zero-order chi connectivity index (χ0) is 24.4. The fourth-order valence-corrected chi connectivity index (χ4v) is 6.88. The van der Waals surface area contributed by atoms with E-state index in [9.17, 15) is 13.2 Å². The highest BCUT2D eigenvalue weighted by molar-refractivity contribution is 7.98. The highest BCUT2D eigenvalue weighted by Crippen LogP contribution is 2.33. The van der Waals surface area contributed by atoms with Crippen LogP contribution < -0.4 is 9.47 Å². The van der Waals surface area contributed by atoms with Crippen LogP contribution in [-0.4, -0.2) is 80.7 Å². The molecule has 2 saturated heterocycles. The minimum atomic E-state index is -3.69. The molecule has 0 unspecified atom stereocenters. The van der Waals surface area contributed by atoms with E-state index >= 15 is 0 Å². The van der Waals surface area contributed by atoms with Crippen LogP contribution in [0.1, 0.15) is 35.2 Å². The summed E-state index contributed by atoms with van der Waals surface area (Å²) in [5.74, 6) is 1.45. The summed E-state index contributed by atoms with van der Waals surface area (Å²) in [6, 6.07) is 10.9. The lowest BCUT2D eigenvalue weighted by Gasteiger charge is -2.34. The van der Waals surface area contributed by atoms with Gasteiger partial charge in [0.05, 0.1) is 10.5 Å². The maximum Gasteiger partial charge on any atom is 0.255 e. The minimum Gasteiger partial charge on any atom is -0.454 e. The number of hydrogen-bond donors (Lipinski definition) is 0. The number of likely N-dealkylation sites (tertiary alicyclic amines) is 1. The second kappa shape index (κ2) is 10.4. The van der Waals surface area contributed by atoms with Gasteiger partial charge in [-0.25, -0.2) is 8.42 Å². The molecule has 188 valence electrons. The van der Waals surface area contributed by atoms with Crippen molar-refractivity contribution in [1.82, 2.24) is 14.1 Å². The molecule has 5 rings (SSSR count). The molecular weight excluding hydrogens is 486 g/mol. The van der Waals surface area contributed by atoms with E-state index in [-0.39, 0.29) is 17.6 Å². The van der Waals surface area contributed by atoms with Gasteiger partial charge in [0, 0.05) is 50.7 Å². The number of sulfonamides is 1. The second-order valence-corrected chi connectivity index (χ2v) is 11.9. The largest absolute Gasteiger partial charge is 0.454 e. The molecule has 0 aliphatic carbocycles. The number of thioether (sulfide) groups is 1. The van der Waals surface area contributed by atoms with Crippen molar-refractivity contribution in [2.45, 2.75) is 35.6 Å². The lowest BCUT2D eigenvalue weighted by atomic mass is 10.1. The molecule has 10 heteroatoms. The molecule has 2 aromatic carbocycles. The lowest BCUT2D eigenvalue weighted by Crippen LogP contribution is -2.48. The Morgan fingerprint density at radius 2 is 1.66 bits per heavy atom. The highest BCUT2D eigenvalue weighted by Gasteiger charge is 2.30. The zero-order valence-electron chi connectivity index (χ0n) is 19.9. The van der Waals surface area contributed by atoms with Crippen molar-refractivity contribution in [3.05, 3.63) is 47.5 Å². The monoisotopic (exact) mass is 517 g/mol. The van der Waals surface area contributed by atoms with E-state index in [1.165, 1.54) is 16.1 Å². The maximum atomic E-state index is 13.5. The van der Waals surface area contributed by atoms with Crippen LogP contribution in [-0.2, 0) is 16.6 Å². The molecule has 3 aliphatic heterocycles. The zero-order valence-corrected chi connectivity index (χ0v) is 21.6. The van der Waals surface area contributed by atoms with Gasteiger partial charge in [-0.05, 0) is 61.4 Å². The number of benzene rings is 2. The Balaban J connectivity index is 1.27. The van der Waals surface area contributed by atoms with E-state index in [0.717, 1.165) is 60.9 Å². The Kier molecular flexibility index (Phi) is 7.24. The predicted octanol–water partition coefficient (Wildman–Crippen LogP) is 3.27. The standard InChI is InChI=1S/C25H31N3O5S2/c1-34-24-8-6-20(16-21(24)25(29)27-9-3-2-4-10-27)35(30,31)28-13-11-26(12-14-28)17-19-5-7-22-23(15-19)33-18-32-22/h5-8,15-16H,2-4,9-14,17-18H2,1H3. The van der Waals surface area contributed by atoms with Crippen LogP contribution in [0.3, 0.4) is 0 Å². The number of rotatable bonds is 6. The van der Waals surface area contributed by atoms with Crippen molar-refractivity contribution in [2.75, 3.05) is 52.3 Å². The maximum absolute atomic E-state index is 13.5. The number of carbonyl (C=O) groups is 1. The smallest absolute Gasteiger partial charge is 0.255 e. The SMILES string of the molecule is CSc1ccc(S(=O)(=O)N2CCN(Cc3ccc4c(c3)OCO4)CC2)cc1C(=O)N1CCCCC1. The van der Waals surface area contributed by atoms with Crippen LogP contribution >= 0.6 is 11.8 Å². The van der Waals surface area contributed by atoms with Gasteiger partial charge in [-0.1, -0.05) is 6.07 Å². The van der Waals surface area contributed by atoms with Crippen LogP contribution in [0.5, 0.6) is 11.5 Å². The third-order valence-corrected chi connectivity index (χ3v) is 9.55. The van der Waals surface area contributed by atoms with E-state index in [4.69, 9.17) is 9.47 Å². The number of amides is 1. The van der Waals surface area contributed by atoms with Gasteiger partial charge in [0.2, 0.25) is 16.8 Å². The Hall–Kier alpha value is -2.27. The van der Waals surface area contributed by atoms with Gasteiger partial charge < -0.3 is 14.4 Å². The van der Waals surface area contributed by atoms with E-state index in [1.54, 1.807) is 18.2 Å². The first kappa shape index (κ1) is 24.4. The Bertz CT molecular complexity index is 1190. The van der Waals surface area contributed by atoms with Gasteiger partial charge in [-0.3, -0.25) is 9.69 Å². The summed E-state index contributed by atoms with van der Waals surface area (Å²) in [6.45, 7) is 4.52. The number of ether oxygens (including phenoxy) is 2. The molecule has 3 aliphatic rings. The molecule has 1 amide bonds. The fraction of sp³-hybridized carbons (Fsp3) is 0.480. The molecule has 0 bridgehead atoms. The molecule has 0 saturated carbocycles. The summed E-state index contributed by atoms with van der Waals surface area (Å²) in [5, 5.41) is 0. The molecule has 0 atom stereocenters. The van der Waals surface area contributed by atoms with Crippen LogP contribution in [0.4, 0.5) is 0 Å². The van der Waals surface area contributed by atoms with Crippen LogP contribution in [0, 0.1) is 0 Å². The van der Waals surface area contributed by atoms with Crippen molar-refractivity contribution < 1.29 is 22.7 Å². The number of carbonyl (C=O) groups excluding carboxylic acids is 1. The van der Waals surface area contributed by atoms with Crippen molar-refractivity contribution in [3.63, 3.8) is 0 Å². The molecule has 2 fully saturated rings. The van der Waals surface area contributed by atoms with E-state index in [2.05, 4.69) is 4.90 Å². The van der Waals surface area contributed by atoms with Crippen molar-refractivity contribution >= 4 is 27.7 Å². The number of fused-ring (bicyclic) bond motifs is 1. The Labute approximate surface area is 211 Å². The van der Waals surface area contributed by atoms with E-state index in [0.29, 0.717) is 31.7 Å². The normalized spacial score (nSPS) is 19.2. The average molecular weight is 518 g/mol. The Morgan fingerprint density at radius 1 is 0.914 bits per heavy atom. The molecule has 2 aromatic rings. The topological polar surface area (TPSA) is 79.4 Å². The van der Waals surface area contributed by atoms with Crippen molar-refractivity contribution in [1.29, 1.82) is 0 Å². The molecular formula is C25H31N3O5S2. The first-order valence-electron chi connectivity index (χ1n) is 12.0. The second-order valence-electron chi connectivity index (χ2n) is 9.08. The van der Waals surface area contributed by atoms with E-state index in [1.807, 2.05) is 29.4 Å². The van der Waals surface area contributed by atoms with Crippen LogP contribution in [0.25, 0.3) is 0 Å². The number of piperidine rings is 1. The summed E-state index contributed by atoms with van der Waals surface area (Å²) in [7, 11) is -3.69. The van der Waals surface area contributed by atoms with Crippen LogP contribution in [0.15, 0.2) is 46.2 Å². The van der Waals surface area contributed by atoms with E-state index < -0.39 is 10.0 Å². The molecule has 35 heavy (non-hydrogen) atoms. The van der Waals surface area contributed by atoms with Crippen molar-refractivity contribution in [3.8, 4) is 11.5 Å². The quantitative estimate of drug-likeness (QED) is 0.544. The first-order chi connectivity index (χ1) is 17.0. The molecule has 0 aromatic heterocycles. The molecule has 0 N–H and O–H groups in total. The first-order valence-corrected chi connectivity index (χ1v) is 14.7. The van der Waals surface area contributed by atoms with Crippen LogP contribution in [0.2, 0.25) is 0 Å². The summed E-state index contributed by atoms with van der Waals surface area (Å²) >= 11 is 1.47. The van der Waals surface area contributed by atoms with Crippen molar-refractivity contribution in [2.24, 2.45) is 0 Å². The number of nitrogens with zero attached hydrogens (tertiary/aromatic N) is 3. The summed E-state index contributed by atoms with van der Waals surface area (Å²) in [6.07, 6.45) is 5.04. The lowest BCUT2D eigenvalue weighted by molar-refractivity contribution is 0.0720. The fourth-order valence-electron chi connectivity index (χ4n) is 4.86. The van der Waals surface area contributed by atoms with Gasteiger partial charge in [0.1, 0.15) is 0 Å². The third-order valence-electron chi connectivity index (χ3n) is 6.86. The van der Waals surface area contributed by atoms with Gasteiger partial charge in [0.25, 0.3) is 5.91 Å². The van der Waals surface area contributed by atoms with Gasteiger partial charge >= 0.3 is 0 Å². The van der Waals surface area contributed by atoms with Gasteiger partial charge in [0.15, 0.2) is 11.5 Å². The summed E-state index contributed by atoms with van der Waals surface area (Å²) in [5.41, 5.74) is 1.60. The molecule has 0 radical (unpaired) electrons. The van der Waals surface area contributed by atoms with Gasteiger partial charge in [-0.15, -0.1) is 11.8 Å². The number of hydrogen-bond acceptors (Lipinski definition) is 7. The summed E-state index contributed by atoms with van der Waals surface area (Å²) in [4.78, 5) is 18.3. The molecule has 3 heterocycles. The highest BCUT2D eigenvalue weighted by atomic mass is 32.2. The molecule has 8 nitrogen and oxygen atoms in total.